The van der Waals surface area contributed by atoms with E-state index < -0.39 is 0 Å². The Bertz CT molecular complexity index is 2220. The minimum atomic E-state index is -0.214. The summed E-state index contributed by atoms with van der Waals surface area (Å²) in [5.74, 6) is -0.214. The van der Waals surface area contributed by atoms with Gasteiger partial charge in [0.2, 0.25) is 0 Å². The van der Waals surface area contributed by atoms with Crippen LogP contribution in [0.25, 0.3) is 38.6 Å². The molecule has 228 valence electrons. The van der Waals surface area contributed by atoms with Crippen molar-refractivity contribution in [3.8, 4) is 16.8 Å². The number of rotatable bonds is 8. The highest BCUT2D eigenvalue weighted by molar-refractivity contribution is 6.12. The van der Waals surface area contributed by atoms with Gasteiger partial charge in [-0.15, -0.1) is 0 Å². The van der Waals surface area contributed by atoms with Gasteiger partial charge in [-0.1, -0.05) is 97.1 Å². The number of hydrogen-bond acceptors (Lipinski definition) is 2. The average molecular weight is 610 g/mol. The smallest absolute Gasteiger partial charge is 0.255 e. The van der Waals surface area contributed by atoms with Crippen LogP contribution in [0.15, 0.2) is 170 Å². The second-order valence-corrected chi connectivity index (χ2v) is 11.6. The molecule has 1 N–H and O–H groups in total. The molecule has 47 heavy (non-hydrogen) atoms. The van der Waals surface area contributed by atoms with Gasteiger partial charge in [0.15, 0.2) is 0 Å². The Balaban J connectivity index is 1.33. The van der Waals surface area contributed by atoms with Gasteiger partial charge in [-0.2, -0.15) is 0 Å². The third-order valence-electron chi connectivity index (χ3n) is 8.45. The maximum atomic E-state index is 12.7. The summed E-state index contributed by atoms with van der Waals surface area (Å²) in [6, 6.07) is 50.9. The zero-order valence-electron chi connectivity index (χ0n) is 26.5. The lowest BCUT2D eigenvalue weighted by molar-refractivity contribution is -0.112. The number of carbonyl (C=O) groups excluding carboxylic acids is 1. The minimum Gasteiger partial charge on any atom is -0.322 e. The number of aryl methyl sites for hydroxylation is 1. The zero-order chi connectivity index (χ0) is 32.3. The van der Waals surface area contributed by atoms with Crippen LogP contribution in [-0.4, -0.2) is 10.5 Å². The van der Waals surface area contributed by atoms with Crippen molar-refractivity contribution < 1.29 is 4.79 Å². The van der Waals surface area contributed by atoms with Crippen molar-refractivity contribution >= 4 is 50.5 Å². The molecule has 6 aromatic carbocycles. The minimum absolute atomic E-state index is 0.214. The Morgan fingerprint density at radius 1 is 0.681 bits per heavy atom. The van der Waals surface area contributed by atoms with E-state index >= 15 is 0 Å². The standard InChI is InChI=1S/C43H35N3O/c1-4-13-31(3)43(47)44-33-23-27-42-39(29-33)38-28-30(2)20-26-41(38)46(42)40-19-12-11-18-37(40)32-21-24-36(25-22-32)45(34-14-7-5-8-15-34)35-16-9-6-10-17-35/h4-29H,3H2,1-2H3,(H,44,47)/b13-4-. The van der Waals surface area contributed by atoms with Crippen molar-refractivity contribution in [3.05, 3.63) is 175 Å². The van der Waals surface area contributed by atoms with Crippen LogP contribution in [0.5, 0.6) is 0 Å². The Morgan fingerprint density at radius 3 is 1.91 bits per heavy atom. The number of benzene rings is 6. The lowest BCUT2D eigenvalue weighted by Crippen LogP contribution is -2.12. The van der Waals surface area contributed by atoms with E-state index in [4.69, 9.17) is 0 Å². The van der Waals surface area contributed by atoms with Crippen LogP contribution in [0.4, 0.5) is 22.7 Å². The molecule has 0 aliphatic carbocycles. The van der Waals surface area contributed by atoms with Gasteiger partial charge >= 0.3 is 0 Å². The number of carbonyl (C=O) groups is 1. The van der Waals surface area contributed by atoms with Gasteiger partial charge in [-0.05, 0) is 92.2 Å². The third-order valence-corrected chi connectivity index (χ3v) is 8.45. The molecule has 4 heteroatoms. The Hall–Kier alpha value is -6.13. The Morgan fingerprint density at radius 2 is 1.26 bits per heavy atom. The number of nitrogens with one attached hydrogen (secondary N) is 1. The number of amides is 1. The number of allylic oxidation sites excluding steroid dienone is 1. The van der Waals surface area contributed by atoms with Crippen molar-refractivity contribution in [1.82, 2.24) is 4.57 Å². The Kier molecular flexibility index (Phi) is 7.99. The first-order valence-electron chi connectivity index (χ1n) is 15.8. The molecule has 0 saturated heterocycles. The van der Waals surface area contributed by atoms with Crippen molar-refractivity contribution in [1.29, 1.82) is 0 Å². The van der Waals surface area contributed by atoms with Crippen molar-refractivity contribution in [2.75, 3.05) is 10.2 Å². The summed E-state index contributed by atoms with van der Waals surface area (Å²) in [6.07, 6.45) is 3.53. The number of nitrogens with zero attached hydrogens (tertiary/aromatic N) is 2. The first kappa shape index (κ1) is 29.6. The molecule has 0 radical (unpaired) electrons. The summed E-state index contributed by atoms with van der Waals surface area (Å²) >= 11 is 0. The molecule has 1 aromatic heterocycles. The SMILES string of the molecule is C=C(/C=C\C)C(=O)Nc1ccc2c(c1)c1cc(C)ccc1n2-c1ccccc1-c1ccc(N(c2ccccc2)c2ccccc2)cc1. The van der Waals surface area contributed by atoms with Gasteiger partial charge < -0.3 is 14.8 Å². The second kappa shape index (κ2) is 12.7. The summed E-state index contributed by atoms with van der Waals surface area (Å²) in [6.45, 7) is 7.87. The van der Waals surface area contributed by atoms with E-state index in [1.165, 1.54) is 5.56 Å². The molecule has 0 spiro atoms. The van der Waals surface area contributed by atoms with Gasteiger partial charge in [0.05, 0.1) is 16.7 Å². The van der Waals surface area contributed by atoms with Crippen LogP contribution in [0.3, 0.4) is 0 Å². The number of aromatic nitrogens is 1. The molecule has 7 aromatic rings. The van der Waals surface area contributed by atoms with E-state index in [2.05, 4.69) is 156 Å². The first-order valence-corrected chi connectivity index (χ1v) is 15.8. The number of anilines is 4. The summed E-state index contributed by atoms with van der Waals surface area (Å²) in [5.41, 5.74) is 11.1. The predicted octanol–water partition coefficient (Wildman–Crippen LogP) is 11.3. The zero-order valence-corrected chi connectivity index (χ0v) is 26.5. The fraction of sp³-hybridized carbons (Fsp3) is 0.0465. The van der Waals surface area contributed by atoms with Gasteiger partial charge in [0, 0.05) is 44.7 Å². The van der Waals surface area contributed by atoms with E-state index in [9.17, 15) is 4.79 Å². The van der Waals surface area contributed by atoms with Crippen LogP contribution in [-0.2, 0) is 4.79 Å². The fourth-order valence-electron chi connectivity index (χ4n) is 6.27. The average Bonchev–Trinajstić information content (AvgIpc) is 3.42. The lowest BCUT2D eigenvalue weighted by Gasteiger charge is -2.25. The summed E-state index contributed by atoms with van der Waals surface area (Å²) < 4.78 is 2.33. The maximum absolute atomic E-state index is 12.7. The monoisotopic (exact) mass is 609 g/mol. The topological polar surface area (TPSA) is 37.3 Å². The highest BCUT2D eigenvalue weighted by Crippen LogP contribution is 2.39. The van der Waals surface area contributed by atoms with Gasteiger partial charge in [-0.3, -0.25) is 4.79 Å². The van der Waals surface area contributed by atoms with Crippen molar-refractivity contribution in [2.45, 2.75) is 13.8 Å². The van der Waals surface area contributed by atoms with Crippen LogP contribution in [0, 0.1) is 6.92 Å². The normalized spacial score (nSPS) is 11.3. The van der Waals surface area contributed by atoms with E-state index in [1.54, 1.807) is 6.08 Å². The van der Waals surface area contributed by atoms with Crippen LogP contribution >= 0.6 is 0 Å². The Labute approximate surface area is 275 Å². The lowest BCUT2D eigenvalue weighted by atomic mass is 10.0. The molecule has 0 aliphatic heterocycles. The van der Waals surface area contributed by atoms with E-state index in [0.717, 1.165) is 61.4 Å². The van der Waals surface area contributed by atoms with Gasteiger partial charge in [0.25, 0.3) is 5.91 Å². The molecule has 0 aliphatic rings. The quantitative estimate of drug-likeness (QED) is 0.137. The molecule has 0 fully saturated rings. The first-order chi connectivity index (χ1) is 23.0. The number of fused-ring (bicyclic) bond motifs is 3. The van der Waals surface area contributed by atoms with Crippen LogP contribution in [0.1, 0.15) is 12.5 Å². The van der Waals surface area contributed by atoms with Crippen LogP contribution < -0.4 is 10.2 Å². The molecular formula is C43H35N3O. The van der Waals surface area contributed by atoms with Crippen LogP contribution in [0.2, 0.25) is 0 Å². The molecule has 1 amide bonds. The molecule has 0 atom stereocenters. The van der Waals surface area contributed by atoms with Crippen molar-refractivity contribution in [3.63, 3.8) is 0 Å². The van der Waals surface area contributed by atoms with E-state index in [1.807, 2.05) is 31.2 Å². The third kappa shape index (κ3) is 5.73. The molecule has 7 rings (SSSR count). The fourth-order valence-corrected chi connectivity index (χ4v) is 6.27. The molecule has 0 saturated carbocycles. The van der Waals surface area contributed by atoms with E-state index in [0.29, 0.717) is 5.57 Å². The summed E-state index contributed by atoms with van der Waals surface area (Å²) in [5, 5.41) is 5.23. The molecule has 1 heterocycles. The largest absolute Gasteiger partial charge is 0.322 e. The van der Waals surface area contributed by atoms with Crippen molar-refractivity contribution in [2.24, 2.45) is 0 Å². The van der Waals surface area contributed by atoms with Gasteiger partial charge in [0.1, 0.15) is 0 Å². The molecule has 0 bridgehead atoms. The molecular weight excluding hydrogens is 574 g/mol. The summed E-state index contributed by atoms with van der Waals surface area (Å²) in [7, 11) is 0. The maximum Gasteiger partial charge on any atom is 0.255 e. The van der Waals surface area contributed by atoms with Gasteiger partial charge in [-0.25, -0.2) is 0 Å². The predicted molar refractivity (Wildman–Crippen MR) is 198 cm³/mol. The summed E-state index contributed by atoms with van der Waals surface area (Å²) in [4.78, 5) is 15.0. The highest BCUT2D eigenvalue weighted by Gasteiger charge is 2.18. The molecule has 0 unspecified atom stereocenters. The van der Waals surface area contributed by atoms with E-state index in [-0.39, 0.29) is 5.91 Å². The highest BCUT2D eigenvalue weighted by atomic mass is 16.1. The number of para-hydroxylation sites is 3. The second-order valence-electron chi connectivity index (χ2n) is 11.6. The number of hydrogen-bond donors (Lipinski definition) is 1. The molecule has 4 nitrogen and oxygen atoms in total.